The standard InChI is InChI=1S/C13H15N3O/c1-8-10(5-11(17-8)13(2,3)4)12-9(6-14)7-15-16-12/h5,7H,1-4H3,(H,15,16). The summed E-state index contributed by atoms with van der Waals surface area (Å²) in [5, 5.41) is 15.7. The first-order valence-corrected chi connectivity index (χ1v) is 5.48. The van der Waals surface area contributed by atoms with Crippen molar-refractivity contribution >= 4 is 0 Å². The minimum absolute atomic E-state index is 0.0458. The Balaban J connectivity index is 2.55. The second kappa shape index (κ2) is 3.77. The molecule has 2 aromatic heterocycles. The molecule has 0 spiro atoms. The van der Waals surface area contributed by atoms with Crippen LogP contribution in [0.15, 0.2) is 16.7 Å². The maximum absolute atomic E-state index is 8.99. The number of aromatic nitrogens is 2. The average Bonchev–Trinajstić information content (AvgIpc) is 2.81. The molecule has 0 saturated carbocycles. The van der Waals surface area contributed by atoms with Crippen LogP contribution in [0.3, 0.4) is 0 Å². The molecule has 0 radical (unpaired) electrons. The number of rotatable bonds is 1. The molecule has 0 amide bonds. The average molecular weight is 229 g/mol. The number of nitrogens with zero attached hydrogens (tertiary/aromatic N) is 2. The van der Waals surface area contributed by atoms with Gasteiger partial charge in [-0.25, -0.2) is 0 Å². The van der Waals surface area contributed by atoms with Crippen LogP contribution in [-0.4, -0.2) is 10.2 Å². The lowest BCUT2D eigenvalue weighted by Crippen LogP contribution is -2.09. The fourth-order valence-electron chi connectivity index (χ4n) is 1.68. The first kappa shape index (κ1) is 11.5. The van der Waals surface area contributed by atoms with Crippen LogP contribution in [0.5, 0.6) is 0 Å². The van der Waals surface area contributed by atoms with Gasteiger partial charge in [-0.2, -0.15) is 10.4 Å². The highest BCUT2D eigenvalue weighted by molar-refractivity contribution is 5.68. The molecule has 0 fully saturated rings. The SMILES string of the molecule is Cc1oc(C(C)(C)C)cc1-c1[nH]ncc1C#N. The van der Waals surface area contributed by atoms with Crippen molar-refractivity contribution < 1.29 is 4.42 Å². The number of nitrogens with one attached hydrogen (secondary N) is 1. The minimum atomic E-state index is -0.0458. The van der Waals surface area contributed by atoms with Crippen molar-refractivity contribution in [3.63, 3.8) is 0 Å². The van der Waals surface area contributed by atoms with Crippen LogP contribution < -0.4 is 0 Å². The summed E-state index contributed by atoms with van der Waals surface area (Å²) >= 11 is 0. The predicted octanol–water partition coefficient (Wildman–Crippen LogP) is 3.15. The third-order valence-corrected chi connectivity index (χ3v) is 2.69. The van der Waals surface area contributed by atoms with Crippen molar-refractivity contribution in [3.8, 4) is 17.3 Å². The molecular formula is C13H15N3O. The predicted molar refractivity (Wildman–Crippen MR) is 64.4 cm³/mol. The molecule has 0 unspecified atom stereocenters. The zero-order valence-electron chi connectivity index (χ0n) is 10.5. The lowest BCUT2D eigenvalue weighted by molar-refractivity contribution is 0.396. The molecule has 88 valence electrons. The number of H-pyrrole nitrogens is 1. The molecular weight excluding hydrogens is 214 g/mol. The van der Waals surface area contributed by atoms with E-state index in [9.17, 15) is 0 Å². The van der Waals surface area contributed by atoms with E-state index < -0.39 is 0 Å². The van der Waals surface area contributed by atoms with Crippen molar-refractivity contribution in [1.82, 2.24) is 10.2 Å². The van der Waals surface area contributed by atoms with Crippen LogP contribution in [0.1, 0.15) is 37.9 Å². The Morgan fingerprint density at radius 1 is 1.41 bits per heavy atom. The van der Waals surface area contributed by atoms with Gasteiger partial charge >= 0.3 is 0 Å². The quantitative estimate of drug-likeness (QED) is 0.816. The Hall–Kier alpha value is -2.02. The summed E-state index contributed by atoms with van der Waals surface area (Å²) in [7, 11) is 0. The Kier molecular flexibility index (Phi) is 2.55. The Labute approximate surface area is 100 Å². The van der Waals surface area contributed by atoms with E-state index >= 15 is 0 Å². The van der Waals surface area contributed by atoms with Gasteiger partial charge in [0.1, 0.15) is 17.6 Å². The van der Waals surface area contributed by atoms with E-state index in [4.69, 9.17) is 9.68 Å². The summed E-state index contributed by atoms with van der Waals surface area (Å²) in [5.74, 6) is 1.71. The lowest BCUT2D eigenvalue weighted by atomic mass is 9.93. The molecule has 2 aromatic rings. The number of hydrogen-bond donors (Lipinski definition) is 1. The van der Waals surface area contributed by atoms with Crippen LogP contribution >= 0.6 is 0 Å². The van der Waals surface area contributed by atoms with E-state index in [1.807, 2.05) is 13.0 Å². The van der Waals surface area contributed by atoms with Crippen molar-refractivity contribution in [2.24, 2.45) is 0 Å². The molecule has 4 heteroatoms. The highest BCUT2D eigenvalue weighted by Crippen LogP contribution is 2.33. The Bertz CT molecular complexity index is 579. The number of aromatic amines is 1. The molecule has 0 aliphatic rings. The molecule has 2 rings (SSSR count). The van der Waals surface area contributed by atoms with E-state index in [1.165, 1.54) is 6.20 Å². The third kappa shape index (κ3) is 1.96. The highest BCUT2D eigenvalue weighted by Gasteiger charge is 2.22. The lowest BCUT2D eigenvalue weighted by Gasteiger charge is -2.13. The normalized spacial score (nSPS) is 11.5. The van der Waals surface area contributed by atoms with Crippen molar-refractivity contribution in [1.29, 1.82) is 5.26 Å². The fourth-order valence-corrected chi connectivity index (χ4v) is 1.68. The van der Waals surface area contributed by atoms with Gasteiger partial charge in [0, 0.05) is 11.0 Å². The van der Waals surface area contributed by atoms with Crippen LogP contribution in [-0.2, 0) is 5.41 Å². The molecule has 2 heterocycles. The fraction of sp³-hybridized carbons (Fsp3) is 0.385. The zero-order valence-corrected chi connectivity index (χ0v) is 10.5. The summed E-state index contributed by atoms with van der Waals surface area (Å²) in [6, 6.07) is 4.09. The monoisotopic (exact) mass is 229 g/mol. The third-order valence-electron chi connectivity index (χ3n) is 2.69. The minimum Gasteiger partial charge on any atom is -0.465 e. The van der Waals surface area contributed by atoms with Crippen molar-refractivity contribution in [3.05, 3.63) is 29.3 Å². The van der Waals surface area contributed by atoms with Gasteiger partial charge in [-0.05, 0) is 13.0 Å². The number of hydrogen-bond acceptors (Lipinski definition) is 3. The van der Waals surface area contributed by atoms with Crippen molar-refractivity contribution in [2.45, 2.75) is 33.1 Å². The van der Waals surface area contributed by atoms with Crippen LogP contribution in [0.2, 0.25) is 0 Å². The highest BCUT2D eigenvalue weighted by atomic mass is 16.3. The maximum atomic E-state index is 8.99. The first-order valence-electron chi connectivity index (χ1n) is 5.48. The number of furan rings is 1. The molecule has 0 atom stereocenters. The summed E-state index contributed by atoms with van der Waals surface area (Å²) < 4.78 is 5.75. The smallest absolute Gasteiger partial charge is 0.110 e. The zero-order chi connectivity index (χ0) is 12.6. The summed E-state index contributed by atoms with van der Waals surface area (Å²) in [6.07, 6.45) is 1.53. The molecule has 4 nitrogen and oxygen atoms in total. The second-order valence-corrected chi connectivity index (χ2v) is 5.10. The van der Waals surface area contributed by atoms with Crippen LogP contribution in [0.4, 0.5) is 0 Å². The largest absolute Gasteiger partial charge is 0.465 e. The second-order valence-electron chi connectivity index (χ2n) is 5.10. The number of aryl methyl sites for hydroxylation is 1. The Morgan fingerprint density at radius 3 is 2.65 bits per heavy atom. The Morgan fingerprint density at radius 2 is 2.12 bits per heavy atom. The van der Waals surface area contributed by atoms with Gasteiger partial charge in [0.2, 0.25) is 0 Å². The molecule has 17 heavy (non-hydrogen) atoms. The number of nitriles is 1. The van der Waals surface area contributed by atoms with E-state index in [2.05, 4.69) is 37.0 Å². The van der Waals surface area contributed by atoms with Gasteiger partial charge in [-0.3, -0.25) is 5.10 Å². The summed E-state index contributed by atoms with van der Waals surface area (Å²) in [5.41, 5.74) is 2.12. The topological polar surface area (TPSA) is 65.6 Å². The van der Waals surface area contributed by atoms with E-state index in [0.29, 0.717) is 5.56 Å². The van der Waals surface area contributed by atoms with Gasteiger partial charge in [0.15, 0.2) is 0 Å². The molecule has 1 N–H and O–H groups in total. The van der Waals surface area contributed by atoms with E-state index in [1.54, 1.807) is 0 Å². The van der Waals surface area contributed by atoms with Crippen LogP contribution in [0, 0.1) is 18.3 Å². The summed E-state index contributed by atoms with van der Waals surface area (Å²) in [4.78, 5) is 0. The molecule has 0 saturated heterocycles. The van der Waals surface area contributed by atoms with Gasteiger partial charge < -0.3 is 4.42 Å². The van der Waals surface area contributed by atoms with Gasteiger partial charge in [0.25, 0.3) is 0 Å². The summed E-state index contributed by atoms with van der Waals surface area (Å²) in [6.45, 7) is 8.17. The maximum Gasteiger partial charge on any atom is 0.110 e. The van der Waals surface area contributed by atoms with Gasteiger partial charge in [-0.1, -0.05) is 20.8 Å². The van der Waals surface area contributed by atoms with Gasteiger partial charge in [0.05, 0.1) is 17.5 Å². The van der Waals surface area contributed by atoms with Gasteiger partial charge in [-0.15, -0.1) is 0 Å². The van der Waals surface area contributed by atoms with E-state index in [-0.39, 0.29) is 5.41 Å². The van der Waals surface area contributed by atoms with Crippen LogP contribution in [0.25, 0.3) is 11.3 Å². The first-order chi connectivity index (χ1) is 7.93. The molecule has 0 bridgehead atoms. The molecule has 0 aliphatic heterocycles. The van der Waals surface area contributed by atoms with Crippen molar-refractivity contribution in [2.75, 3.05) is 0 Å². The molecule has 0 aliphatic carbocycles. The molecule has 0 aromatic carbocycles. The van der Waals surface area contributed by atoms with E-state index in [0.717, 1.165) is 22.8 Å².